The molecule has 1 unspecified atom stereocenters. The summed E-state index contributed by atoms with van der Waals surface area (Å²) < 4.78 is 0. The van der Waals surface area contributed by atoms with Gasteiger partial charge >= 0.3 is 0 Å². The molecule has 0 aliphatic carbocycles. The summed E-state index contributed by atoms with van der Waals surface area (Å²) in [6.45, 7) is 4.48. The summed E-state index contributed by atoms with van der Waals surface area (Å²) in [5, 5.41) is 14.3. The van der Waals surface area contributed by atoms with Crippen LogP contribution in [0.25, 0.3) is 21.5 Å². The molecular formula is C18H18O. The number of aromatic hydroxyl groups is 1. The van der Waals surface area contributed by atoms with Crippen LogP contribution < -0.4 is 0 Å². The van der Waals surface area contributed by atoms with E-state index in [-0.39, 0.29) is 0 Å². The fraction of sp³-hybridized carbons (Fsp3) is 0.222. The first-order valence-corrected chi connectivity index (χ1v) is 6.84. The van der Waals surface area contributed by atoms with E-state index < -0.39 is 0 Å². The van der Waals surface area contributed by atoms with Gasteiger partial charge in [-0.2, -0.15) is 0 Å². The fourth-order valence-electron chi connectivity index (χ4n) is 2.55. The monoisotopic (exact) mass is 250 g/mol. The molecule has 0 saturated carbocycles. The van der Waals surface area contributed by atoms with E-state index in [1.165, 1.54) is 21.7 Å². The van der Waals surface area contributed by atoms with Crippen LogP contribution in [0, 0.1) is 0 Å². The van der Waals surface area contributed by atoms with Crippen molar-refractivity contribution in [3.63, 3.8) is 0 Å². The summed E-state index contributed by atoms with van der Waals surface area (Å²) in [6, 6.07) is 16.6. The molecule has 3 rings (SSSR count). The fourth-order valence-corrected chi connectivity index (χ4v) is 2.55. The Balaban J connectivity index is 2.23. The number of rotatable bonds is 2. The van der Waals surface area contributed by atoms with Crippen molar-refractivity contribution < 1.29 is 5.11 Å². The highest BCUT2D eigenvalue weighted by atomic mass is 16.3. The lowest BCUT2D eigenvalue weighted by atomic mass is 9.94. The first kappa shape index (κ1) is 12.0. The zero-order valence-corrected chi connectivity index (χ0v) is 11.4. The summed E-state index contributed by atoms with van der Waals surface area (Å²) in [5.41, 5.74) is 1.40. The van der Waals surface area contributed by atoms with Crippen LogP contribution >= 0.6 is 0 Å². The predicted octanol–water partition coefficient (Wildman–Crippen LogP) is 5.21. The lowest BCUT2D eigenvalue weighted by Gasteiger charge is -2.11. The standard InChI is InChI=1S/C18H18O/c1-3-12(2)13-4-5-14-10-17-11-18(19)7-6-15(17)9-16(14)8-13/h4-12,19H,3H2,1-2H3. The number of benzene rings is 3. The van der Waals surface area contributed by atoms with Gasteiger partial charge in [0.15, 0.2) is 0 Å². The smallest absolute Gasteiger partial charge is 0.116 e. The molecular weight excluding hydrogens is 232 g/mol. The molecule has 0 amide bonds. The average Bonchev–Trinajstić information content (AvgIpc) is 2.43. The Kier molecular flexibility index (Phi) is 2.90. The molecule has 0 saturated heterocycles. The highest BCUT2D eigenvalue weighted by Crippen LogP contribution is 2.28. The third-order valence-corrected chi connectivity index (χ3v) is 3.98. The molecule has 96 valence electrons. The molecule has 0 radical (unpaired) electrons. The van der Waals surface area contributed by atoms with Crippen LogP contribution in [0.15, 0.2) is 48.5 Å². The Hall–Kier alpha value is -2.02. The highest BCUT2D eigenvalue weighted by Gasteiger charge is 2.05. The Morgan fingerprint density at radius 3 is 2.16 bits per heavy atom. The van der Waals surface area contributed by atoms with Gasteiger partial charge in [-0.15, -0.1) is 0 Å². The second kappa shape index (κ2) is 4.58. The molecule has 0 heterocycles. The van der Waals surface area contributed by atoms with Gasteiger partial charge in [-0.1, -0.05) is 38.1 Å². The van der Waals surface area contributed by atoms with E-state index in [2.05, 4.69) is 44.2 Å². The van der Waals surface area contributed by atoms with E-state index >= 15 is 0 Å². The second-order valence-electron chi connectivity index (χ2n) is 5.30. The summed E-state index contributed by atoms with van der Waals surface area (Å²) in [5.74, 6) is 0.919. The van der Waals surface area contributed by atoms with Gasteiger partial charge in [0, 0.05) is 0 Å². The Bertz CT molecular complexity index is 743. The summed E-state index contributed by atoms with van der Waals surface area (Å²) in [6.07, 6.45) is 1.16. The molecule has 19 heavy (non-hydrogen) atoms. The molecule has 0 aromatic heterocycles. The molecule has 1 nitrogen and oxygen atoms in total. The van der Waals surface area contributed by atoms with Gasteiger partial charge in [-0.3, -0.25) is 0 Å². The number of hydrogen-bond acceptors (Lipinski definition) is 1. The predicted molar refractivity (Wildman–Crippen MR) is 81.8 cm³/mol. The number of hydrogen-bond donors (Lipinski definition) is 1. The molecule has 3 aromatic rings. The van der Waals surface area contributed by atoms with Crippen LogP contribution in [-0.4, -0.2) is 5.11 Å². The maximum absolute atomic E-state index is 9.55. The normalized spacial score (nSPS) is 12.9. The quantitative estimate of drug-likeness (QED) is 0.619. The van der Waals surface area contributed by atoms with Crippen LogP contribution in [0.3, 0.4) is 0 Å². The van der Waals surface area contributed by atoms with E-state index in [0.717, 1.165) is 11.8 Å². The van der Waals surface area contributed by atoms with Gasteiger partial charge in [0.2, 0.25) is 0 Å². The maximum atomic E-state index is 9.55. The largest absolute Gasteiger partial charge is 0.508 e. The molecule has 0 fully saturated rings. The van der Waals surface area contributed by atoms with Crippen molar-refractivity contribution in [2.24, 2.45) is 0 Å². The van der Waals surface area contributed by atoms with Crippen LogP contribution in [-0.2, 0) is 0 Å². The van der Waals surface area contributed by atoms with Gasteiger partial charge < -0.3 is 5.11 Å². The molecule has 1 heteroatoms. The van der Waals surface area contributed by atoms with Crippen LogP contribution in [0.5, 0.6) is 5.75 Å². The van der Waals surface area contributed by atoms with E-state index in [1.807, 2.05) is 12.1 Å². The Morgan fingerprint density at radius 1 is 0.842 bits per heavy atom. The molecule has 0 spiro atoms. The first-order valence-electron chi connectivity index (χ1n) is 6.84. The van der Waals surface area contributed by atoms with Gasteiger partial charge in [-0.05, 0) is 63.7 Å². The molecule has 1 N–H and O–H groups in total. The van der Waals surface area contributed by atoms with Crippen molar-refractivity contribution in [2.75, 3.05) is 0 Å². The minimum absolute atomic E-state index is 0.322. The van der Waals surface area contributed by atoms with Crippen molar-refractivity contribution >= 4 is 21.5 Å². The second-order valence-corrected chi connectivity index (χ2v) is 5.30. The highest BCUT2D eigenvalue weighted by molar-refractivity contribution is 5.98. The minimum atomic E-state index is 0.322. The minimum Gasteiger partial charge on any atom is -0.508 e. The number of fused-ring (bicyclic) bond motifs is 2. The maximum Gasteiger partial charge on any atom is 0.116 e. The lowest BCUT2D eigenvalue weighted by Crippen LogP contribution is -1.90. The molecule has 0 bridgehead atoms. The molecule has 0 aliphatic rings. The Labute approximate surface area is 113 Å². The van der Waals surface area contributed by atoms with E-state index in [0.29, 0.717) is 11.7 Å². The van der Waals surface area contributed by atoms with Gasteiger partial charge in [0.1, 0.15) is 5.75 Å². The van der Waals surface area contributed by atoms with E-state index in [9.17, 15) is 5.11 Å². The van der Waals surface area contributed by atoms with E-state index in [4.69, 9.17) is 0 Å². The third-order valence-electron chi connectivity index (χ3n) is 3.98. The SMILES string of the molecule is CCC(C)c1ccc2cc3cc(O)ccc3cc2c1. The zero-order valence-electron chi connectivity index (χ0n) is 11.4. The average molecular weight is 250 g/mol. The van der Waals surface area contributed by atoms with Crippen molar-refractivity contribution in [1.82, 2.24) is 0 Å². The van der Waals surface area contributed by atoms with Crippen molar-refractivity contribution in [3.05, 3.63) is 54.1 Å². The van der Waals surface area contributed by atoms with Crippen LogP contribution in [0.2, 0.25) is 0 Å². The summed E-state index contributed by atoms with van der Waals surface area (Å²) >= 11 is 0. The first-order chi connectivity index (χ1) is 9.17. The summed E-state index contributed by atoms with van der Waals surface area (Å²) in [4.78, 5) is 0. The number of phenolic OH excluding ortho intramolecular Hbond substituents is 1. The zero-order chi connectivity index (χ0) is 13.4. The van der Waals surface area contributed by atoms with Gasteiger partial charge in [-0.25, -0.2) is 0 Å². The van der Waals surface area contributed by atoms with Crippen molar-refractivity contribution in [1.29, 1.82) is 0 Å². The molecule has 1 atom stereocenters. The van der Waals surface area contributed by atoms with Gasteiger partial charge in [0.05, 0.1) is 0 Å². The van der Waals surface area contributed by atoms with Crippen molar-refractivity contribution in [2.45, 2.75) is 26.2 Å². The van der Waals surface area contributed by atoms with Crippen LogP contribution in [0.1, 0.15) is 31.7 Å². The topological polar surface area (TPSA) is 20.2 Å². The summed E-state index contributed by atoms with van der Waals surface area (Å²) in [7, 11) is 0. The van der Waals surface area contributed by atoms with Gasteiger partial charge in [0.25, 0.3) is 0 Å². The molecule has 0 aliphatic heterocycles. The lowest BCUT2D eigenvalue weighted by molar-refractivity contribution is 0.476. The third kappa shape index (κ3) is 2.17. The van der Waals surface area contributed by atoms with E-state index in [1.54, 1.807) is 6.07 Å². The van der Waals surface area contributed by atoms with Crippen LogP contribution in [0.4, 0.5) is 0 Å². The molecule has 3 aromatic carbocycles. The number of phenols is 1. The van der Waals surface area contributed by atoms with Crippen molar-refractivity contribution in [3.8, 4) is 5.75 Å². The Morgan fingerprint density at radius 2 is 1.47 bits per heavy atom.